The van der Waals surface area contributed by atoms with Gasteiger partial charge < -0.3 is 0 Å². The van der Waals surface area contributed by atoms with Crippen LogP contribution in [0.2, 0.25) is 0 Å². The van der Waals surface area contributed by atoms with Gasteiger partial charge in [-0.1, -0.05) is 0 Å². The lowest BCUT2D eigenvalue weighted by atomic mass is 10.4. The zero-order chi connectivity index (χ0) is 10.6. The Morgan fingerprint density at radius 3 is 2.80 bits per heavy atom. The van der Waals surface area contributed by atoms with Crippen LogP contribution in [0, 0.1) is 6.92 Å². The van der Waals surface area contributed by atoms with Crippen molar-refractivity contribution in [3.05, 3.63) is 17.2 Å². The number of aromatic nitrogens is 4. The molecule has 0 spiro atoms. The third-order valence-corrected chi connectivity index (χ3v) is 2.96. The van der Waals surface area contributed by atoms with E-state index in [1.165, 1.54) is 12.8 Å². The van der Waals surface area contributed by atoms with Gasteiger partial charge in [-0.15, -0.1) is 0 Å². The second-order valence-corrected chi connectivity index (χ2v) is 4.10. The van der Waals surface area contributed by atoms with Gasteiger partial charge >= 0.3 is 0 Å². The van der Waals surface area contributed by atoms with Crippen molar-refractivity contribution in [2.24, 2.45) is 7.05 Å². The van der Waals surface area contributed by atoms with Gasteiger partial charge in [0.15, 0.2) is 6.29 Å². The molecule has 0 saturated heterocycles. The van der Waals surface area contributed by atoms with Crippen molar-refractivity contribution in [1.29, 1.82) is 0 Å². The SMILES string of the molecule is Cc1nc2n(C)c(C3CC3)nn2c1C=O. The molecule has 3 rings (SSSR count). The molecule has 1 fully saturated rings. The van der Waals surface area contributed by atoms with Crippen LogP contribution in [0.15, 0.2) is 0 Å². The molecule has 0 N–H and O–H groups in total. The molecule has 1 aliphatic rings. The summed E-state index contributed by atoms with van der Waals surface area (Å²) in [6.45, 7) is 1.83. The lowest BCUT2D eigenvalue weighted by Crippen LogP contribution is -1.97. The number of carbonyl (C=O) groups is 1. The fourth-order valence-electron chi connectivity index (χ4n) is 1.94. The summed E-state index contributed by atoms with van der Waals surface area (Å²) in [5, 5.41) is 4.45. The second-order valence-electron chi connectivity index (χ2n) is 4.10. The summed E-state index contributed by atoms with van der Waals surface area (Å²) < 4.78 is 3.63. The smallest absolute Gasteiger partial charge is 0.232 e. The molecule has 2 heterocycles. The Morgan fingerprint density at radius 2 is 2.20 bits per heavy atom. The van der Waals surface area contributed by atoms with Crippen LogP contribution >= 0.6 is 0 Å². The van der Waals surface area contributed by atoms with E-state index in [1.807, 2.05) is 18.5 Å². The van der Waals surface area contributed by atoms with Gasteiger partial charge in [0, 0.05) is 13.0 Å². The number of nitrogens with zero attached hydrogens (tertiary/aromatic N) is 4. The summed E-state index contributed by atoms with van der Waals surface area (Å²) in [5.41, 5.74) is 1.30. The Labute approximate surface area is 86.7 Å². The number of aryl methyl sites for hydroxylation is 2. The van der Waals surface area contributed by atoms with Gasteiger partial charge in [-0.25, -0.2) is 4.98 Å². The van der Waals surface area contributed by atoms with Gasteiger partial charge in [-0.05, 0) is 19.8 Å². The molecular weight excluding hydrogens is 192 g/mol. The largest absolute Gasteiger partial charge is 0.300 e. The number of hydrogen-bond acceptors (Lipinski definition) is 3. The second kappa shape index (κ2) is 2.68. The highest BCUT2D eigenvalue weighted by molar-refractivity contribution is 5.75. The fraction of sp³-hybridized carbons (Fsp3) is 0.500. The van der Waals surface area contributed by atoms with Crippen molar-refractivity contribution >= 4 is 12.1 Å². The van der Waals surface area contributed by atoms with E-state index in [0.717, 1.165) is 23.6 Å². The summed E-state index contributed by atoms with van der Waals surface area (Å²) >= 11 is 0. The maximum atomic E-state index is 10.9. The predicted octanol–water partition coefficient (Wildman–Crippen LogP) is 1.07. The zero-order valence-electron chi connectivity index (χ0n) is 8.77. The van der Waals surface area contributed by atoms with Gasteiger partial charge in [-0.3, -0.25) is 9.36 Å². The molecule has 1 aliphatic carbocycles. The lowest BCUT2D eigenvalue weighted by Gasteiger charge is -1.95. The van der Waals surface area contributed by atoms with Gasteiger partial charge in [0.2, 0.25) is 5.78 Å². The van der Waals surface area contributed by atoms with Crippen molar-refractivity contribution in [2.75, 3.05) is 0 Å². The molecule has 2 aromatic rings. The van der Waals surface area contributed by atoms with Crippen LogP contribution in [0.3, 0.4) is 0 Å². The van der Waals surface area contributed by atoms with Crippen molar-refractivity contribution in [3.63, 3.8) is 0 Å². The number of hydrogen-bond donors (Lipinski definition) is 0. The van der Waals surface area contributed by atoms with E-state index in [2.05, 4.69) is 10.1 Å². The molecule has 5 nitrogen and oxygen atoms in total. The van der Waals surface area contributed by atoms with Gasteiger partial charge in [-0.2, -0.15) is 9.61 Å². The minimum atomic E-state index is 0.563. The fourth-order valence-corrected chi connectivity index (χ4v) is 1.94. The Morgan fingerprint density at radius 1 is 1.47 bits per heavy atom. The van der Waals surface area contributed by atoms with E-state index in [9.17, 15) is 4.79 Å². The molecule has 15 heavy (non-hydrogen) atoms. The molecule has 5 heteroatoms. The number of aldehydes is 1. The molecule has 0 aliphatic heterocycles. The van der Waals surface area contributed by atoms with E-state index < -0.39 is 0 Å². The summed E-state index contributed by atoms with van der Waals surface area (Å²) in [6, 6.07) is 0. The predicted molar refractivity (Wildman–Crippen MR) is 54.1 cm³/mol. The molecule has 0 amide bonds. The Balaban J connectivity index is 2.31. The van der Waals surface area contributed by atoms with E-state index in [-0.39, 0.29) is 0 Å². The van der Waals surface area contributed by atoms with Crippen LogP contribution in [-0.2, 0) is 7.05 Å². The highest BCUT2D eigenvalue weighted by Crippen LogP contribution is 2.39. The molecule has 78 valence electrons. The quantitative estimate of drug-likeness (QED) is 0.687. The maximum absolute atomic E-state index is 10.9. The first-order chi connectivity index (χ1) is 7.22. The first kappa shape index (κ1) is 8.64. The van der Waals surface area contributed by atoms with Gasteiger partial charge in [0.05, 0.1) is 5.69 Å². The summed E-state index contributed by atoms with van der Waals surface area (Å²) in [4.78, 5) is 15.2. The highest BCUT2D eigenvalue weighted by Gasteiger charge is 2.30. The topological polar surface area (TPSA) is 52.2 Å². The molecule has 0 bridgehead atoms. The van der Waals surface area contributed by atoms with Crippen molar-refractivity contribution < 1.29 is 4.79 Å². The first-order valence-corrected chi connectivity index (χ1v) is 5.09. The minimum absolute atomic E-state index is 0.563. The van der Waals surface area contributed by atoms with Crippen LogP contribution in [0.1, 0.15) is 40.8 Å². The van der Waals surface area contributed by atoms with Gasteiger partial charge in [0.1, 0.15) is 11.5 Å². The third kappa shape index (κ3) is 1.06. The maximum Gasteiger partial charge on any atom is 0.232 e. The minimum Gasteiger partial charge on any atom is -0.300 e. The van der Waals surface area contributed by atoms with Crippen LogP contribution in [0.25, 0.3) is 5.78 Å². The summed E-state index contributed by atoms with van der Waals surface area (Å²) in [5.74, 6) is 2.37. The number of imidazole rings is 1. The highest BCUT2D eigenvalue weighted by atomic mass is 16.1. The molecule has 0 unspecified atom stereocenters. The average Bonchev–Trinajstić information content (AvgIpc) is 2.93. The normalized spacial score (nSPS) is 16.1. The molecule has 0 aromatic carbocycles. The van der Waals surface area contributed by atoms with Crippen molar-refractivity contribution in [3.8, 4) is 0 Å². The summed E-state index contributed by atoms with van der Waals surface area (Å²) in [6.07, 6.45) is 3.21. The zero-order valence-corrected chi connectivity index (χ0v) is 8.77. The van der Waals surface area contributed by atoms with Crippen LogP contribution in [0.5, 0.6) is 0 Å². The molecule has 0 atom stereocenters. The molecule has 2 aromatic heterocycles. The Kier molecular flexibility index (Phi) is 1.55. The van der Waals surface area contributed by atoms with E-state index in [1.54, 1.807) is 4.52 Å². The lowest BCUT2D eigenvalue weighted by molar-refractivity contribution is 0.111. The number of rotatable bonds is 2. The average molecular weight is 204 g/mol. The van der Waals surface area contributed by atoms with Crippen molar-refractivity contribution in [2.45, 2.75) is 25.7 Å². The third-order valence-electron chi connectivity index (χ3n) is 2.96. The monoisotopic (exact) mass is 204 g/mol. The van der Waals surface area contributed by atoms with Crippen molar-refractivity contribution in [1.82, 2.24) is 19.2 Å². The Hall–Kier alpha value is -1.65. The number of carbonyl (C=O) groups excluding carboxylic acids is 1. The van der Waals surface area contributed by atoms with E-state index in [0.29, 0.717) is 11.6 Å². The van der Waals surface area contributed by atoms with Crippen LogP contribution in [0.4, 0.5) is 0 Å². The summed E-state index contributed by atoms with van der Waals surface area (Å²) in [7, 11) is 1.96. The molecule has 0 radical (unpaired) electrons. The first-order valence-electron chi connectivity index (χ1n) is 5.09. The van der Waals surface area contributed by atoms with Crippen LogP contribution in [-0.4, -0.2) is 25.5 Å². The molecular formula is C10H12N4O. The molecule has 1 saturated carbocycles. The number of fused-ring (bicyclic) bond motifs is 1. The van der Waals surface area contributed by atoms with E-state index in [4.69, 9.17) is 0 Å². The van der Waals surface area contributed by atoms with Gasteiger partial charge in [0.25, 0.3) is 0 Å². The van der Waals surface area contributed by atoms with Crippen LogP contribution < -0.4 is 0 Å². The van der Waals surface area contributed by atoms with E-state index >= 15 is 0 Å². The standard InChI is InChI=1S/C10H12N4O/c1-6-8(5-15)14-10(11-6)13(2)9(12-14)7-3-4-7/h5,7H,3-4H2,1-2H3. The Bertz CT molecular complexity index is 547.